The van der Waals surface area contributed by atoms with Crippen LogP contribution in [0.1, 0.15) is 18.4 Å². The highest BCUT2D eigenvalue weighted by atomic mass is 19.1. The van der Waals surface area contributed by atoms with E-state index in [-0.39, 0.29) is 5.82 Å². The van der Waals surface area contributed by atoms with Gasteiger partial charge in [-0.3, -0.25) is 9.89 Å². The molecule has 1 aromatic carbocycles. The summed E-state index contributed by atoms with van der Waals surface area (Å²) >= 11 is 0. The molecule has 1 atom stereocenters. The fraction of sp³-hybridized carbons (Fsp3) is 0.611. The van der Waals surface area contributed by atoms with E-state index in [2.05, 4.69) is 20.5 Å². The molecule has 1 aromatic rings. The number of rotatable bonds is 8. The van der Waals surface area contributed by atoms with Crippen molar-refractivity contribution >= 4 is 5.96 Å². The minimum atomic E-state index is -0.196. The number of hydrogen-bond acceptors (Lipinski definition) is 3. The largest absolute Gasteiger partial charge is 0.383 e. The lowest BCUT2D eigenvalue weighted by Crippen LogP contribution is -2.45. The van der Waals surface area contributed by atoms with Crippen molar-refractivity contribution in [3.8, 4) is 0 Å². The molecule has 1 unspecified atom stereocenters. The fourth-order valence-corrected chi connectivity index (χ4v) is 3.04. The van der Waals surface area contributed by atoms with Gasteiger partial charge in [0.2, 0.25) is 0 Å². The molecular weight excluding hydrogens is 307 g/mol. The first-order valence-corrected chi connectivity index (χ1v) is 8.65. The Morgan fingerprint density at radius 1 is 1.33 bits per heavy atom. The number of nitrogens with zero attached hydrogens (tertiary/aromatic N) is 2. The number of ether oxygens (including phenoxy) is 1. The summed E-state index contributed by atoms with van der Waals surface area (Å²) in [4.78, 5) is 6.75. The second kappa shape index (κ2) is 10.3. The summed E-state index contributed by atoms with van der Waals surface area (Å²) in [5, 5.41) is 6.73. The minimum Gasteiger partial charge on any atom is -0.383 e. The summed E-state index contributed by atoms with van der Waals surface area (Å²) < 4.78 is 18.1. The standard InChI is InChI=1S/C18H29FN4O/c1-20-18(21-10-9-15-5-7-16(19)8-6-15)22-14-17-4-3-11-23(17)12-13-24-2/h5-8,17H,3-4,9-14H2,1-2H3,(H2,20,21,22). The van der Waals surface area contributed by atoms with Crippen LogP contribution in [0.4, 0.5) is 4.39 Å². The van der Waals surface area contributed by atoms with Gasteiger partial charge in [0, 0.05) is 39.8 Å². The molecule has 5 nitrogen and oxygen atoms in total. The van der Waals surface area contributed by atoms with Crippen molar-refractivity contribution in [1.82, 2.24) is 15.5 Å². The van der Waals surface area contributed by atoms with E-state index >= 15 is 0 Å². The molecule has 0 aromatic heterocycles. The maximum absolute atomic E-state index is 12.9. The first kappa shape index (κ1) is 18.7. The van der Waals surface area contributed by atoms with Crippen LogP contribution in [0, 0.1) is 5.82 Å². The Morgan fingerprint density at radius 2 is 2.12 bits per heavy atom. The Kier molecular flexibility index (Phi) is 7.98. The van der Waals surface area contributed by atoms with Gasteiger partial charge in [-0.1, -0.05) is 12.1 Å². The van der Waals surface area contributed by atoms with Crippen LogP contribution in [-0.2, 0) is 11.2 Å². The molecule has 2 N–H and O–H groups in total. The Labute approximate surface area is 144 Å². The lowest BCUT2D eigenvalue weighted by atomic mass is 10.1. The van der Waals surface area contributed by atoms with E-state index in [0.717, 1.165) is 50.7 Å². The van der Waals surface area contributed by atoms with Gasteiger partial charge >= 0.3 is 0 Å². The molecule has 1 fully saturated rings. The average Bonchev–Trinajstić information content (AvgIpc) is 3.05. The first-order valence-electron chi connectivity index (χ1n) is 8.65. The van der Waals surface area contributed by atoms with Gasteiger partial charge in [0.25, 0.3) is 0 Å². The summed E-state index contributed by atoms with van der Waals surface area (Å²) in [5.74, 6) is 0.620. The van der Waals surface area contributed by atoms with Crippen LogP contribution in [0.3, 0.4) is 0 Å². The van der Waals surface area contributed by atoms with Crippen LogP contribution in [0.15, 0.2) is 29.3 Å². The fourth-order valence-electron chi connectivity index (χ4n) is 3.04. The van der Waals surface area contributed by atoms with Crippen LogP contribution in [0.2, 0.25) is 0 Å². The maximum atomic E-state index is 12.9. The second-order valence-electron chi connectivity index (χ2n) is 6.08. The van der Waals surface area contributed by atoms with Crippen LogP contribution in [0.5, 0.6) is 0 Å². The van der Waals surface area contributed by atoms with Crippen LogP contribution >= 0.6 is 0 Å². The summed E-state index contributed by atoms with van der Waals surface area (Å²) in [5.41, 5.74) is 1.11. The molecule has 0 amide bonds. The quantitative estimate of drug-likeness (QED) is 0.560. The number of benzene rings is 1. The summed E-state index contributed by atoms with van der Waals surface area (Å²) in [6.07, 6.45) is 3.29. The number of likely N-dealkylation sites (tertiary alicyclic amines) is 1. The smallest absolute Gasteiger partial charge is 0.191 e. The zero-order chi connectivity index (χ0) is 17.2. The molecule has 1 aliphatic heterocycles. The molecule has 24 heavy (non-hydrogen) atoms. The van der Waals surface area contributed by atoms with Crippen molar-refractivity contribution in [2.45, 2.75) is 25.3 Å². The van der Waals surface area contributed by atoms with Crippen LogP contribution in [0.25, 0.3) is 0 Å². The minimum absolute atomic E-state index is 0.196. The number of nitrogens with one attached hydrogen (secondary N) is 2. The van der Waals surface area contributed by atoms with Crippen molar-refractivity contribution in [3.05, 3.63) is 35.6 Å². The van der Waals surface area contributed by atoms with E-state index in [9.17, 15) is 4.39 Å². The topological polar surface area (TPSA) is 48.9 Å². The highest BCUT2D eigenvalue weighted by molar-refractivity contribution is 5.79. The van der Waals surface area contributed by atoms with Crippen molar-refractivity contribution < 1.29 is 9.13 Å². The number of aliphatic imine (C=N–C) groups is 1. The molecular formula is C18H29FN4O. The van der Waals surface area contributed by atoms with Crippen molar-refractivity contribution in [1.29, 1.82) is 0 Å². The number of methoxy groups -OCH3 is 1. The predicted octanol–water partition coefficient (Wildman–Crippen LogP) is 1.64. The molecule has 0 spiro atoms. The van der Waals surface area contributed by atoms with Gasteiger partial charge < -0.3 is 15.4 Å². The van der Waals surface area contributed by atoms with Gasteiger partial charge in [-0.05, 0) is 43.5 Å². The predicted molar refractivity (Wildman–Crippen MR) is 95.9 cm³/mol. The molecule has 0 saturated carbocycles. The van der Waals surface area contributed by atoms with Gasteiger partial charge in [0.1, 0.15) is 5.82 Å². The van der Waals surface area contributed by atoms with Gasteiger partial charge in [-0.25, -0.2) is 4.39 Å². The Morgan fingerprint density at radius 3 is 2.83 bits per heavy atom. The third-order valence-electron chi connectivity index (χ3n) is 4.43. The van der Waals surface area contributed by atoms with E-state index in [1.165, 1.54) is 25.0 Å². The number of halogens is 1. The van der Waals surface area contributed by atoms with E-state index in [0.29, 0.717) is 6.04 Å². The maximum Gasteiger partial charge on any atom is 0.191 e. The molecule has 134 valence electrons. The third kappa shape index (κ3) is 6.09. The highest BCUT2D eigenvalue weighted by Crippen LogP contribution is 2.15. The average molecular weight is 336 g/mol. The molecule has 1 saturated heterocycles. The third-order valence-corrected chi connectivity index (χ3v) is 4.43. The highest BCUT2D eigenvalue weighted by Gasteiger charge is 2.23. The molecule has 1 heterocycles. The number of guanidine groups is 1. The van der Waals surface area contributed by atoms with Gasteiger partial charge in [-0.15, -0.1) is 0 Å². The van der Waals surface area contributed by atoms with Gasteiger partial charge in [-0.2, -0.15) is 0 Å². The summed E-state index contributed by atoms with van der Waals surface area (Å²) in [6.45, 7) is 4.57. The Bertz CT molecular complexity index is 506. The summed E-state index contributed by atoms with van der Waals surface area (Å²) in [6, 6.07) is 7.17. The number of hydrogen-bond donors (Lipinski definition) is 2. The van der Waals surface area contributed by atoms with Gasteiger partial charge in [0.15, 0.2) is 5.96 Å². The lowest BCUT2D eigenvalue weighted by molar-refractivity contribution is 0.141. The Balaban J connectivity index is 1.69. The zero-order valence-electron chi connectivity index (χ0n) is 14.7. The molecule has 0 bridgehead atoms. The lowest BCUT2D eigenvalue weighted by Gasteiger charge is -2.25. The van der Waals surface area contributed by atoms with Crippen molar-refractivity contribution in [2.75, 3.05) is 46.9 Å². The Hall–Kier alpha value is -1.66. The van der Waals surface area contributed by atoms with Crippen molar-refractivity contribution in [3.63, 3.8) is 0 Å². The van der Waals surface area contributed by atoms with Crippen LogP contribution < -0.4 is 10.6 Å². The van der Waals surface area contributed by atoms with E-state index in [1.54, 1.807) is 14.2 Å². The molecule has 1 aliphatic rings. The van der Waals surface area contributed by atoms with E-state index in [1.807, 2.05) is 12.1 Å². The molecule has 6 heteroatoms. The monoisotopic (exact) mass is 336 g/mol. The van der Waals surface area contributed by atoms with E-state index in [4.69, 9.17) is 4.74 Å². The normalized spacial score (nSPS) is 18.8. The van der Waals surface area contributed by atoms with Crippen LogP contribution in [-0.4, -0.2) is 63.8 Å². The SMILES string of the molecule is CN=C(NCCc1ccc(F)cc1)NCC1CCCN1CCOC. The second-order valence-corrected chi connectivity index (χ2v) is 6.08. The molecule has 0 radical (unpaired) electrons. The molecule has 2 rings (SSSR count). The zero-order valence-corrected chi connectivity index (χ0v) is 14.7. The van der Waals surface area contributed by atoms with E-state index < -0.39 is 0 Å². The van der Waals surface area contributed by atoms with Crippen molar-refractivity contribution in [2.24, 2.45) is 4.99 Å². The molecule has 0 aliphatic carbocycles. The summed E-state index contributed by atoms with van der Waals surface area (Å²) in [7, 11) is 3.53. The van der Waals surface area contributed by atoms with Gasteiger partial charge in [0.05, 0.1) is 6.61 Å². The first-order chi connectivity index (χ1) is 11.7.